The van der Waals surface area contributed by atoms with Gasteiger partial charge in [0.2, 0.25) is 0 Å². The normalized spacial score (nSPS) is 11.0. The van der Waals surface area contributed by atoms with Crippen molar-refractivity contribution in [2.24, 2.45) is 0 Å². The molecular weight excluding hydrogens is 563 g/mol. The van der Waals surface area contributed by atoms with Crippen LogP contribution in [-0.2, 0) is 11.4 Å². The molecule has 0 aliphatic rings. The van der Waals surface area contributed by atoms with Crippen molar-refractivity contribution in [3.8, 4) is 17.6 Å². The Bertz CT molecular complexity index is 1290. The summed E-state index contributed by atoms with van der Waals surface area (Å²) in [6.45, 7) is 2.46. The van der Waals surface area contributed by atoms with Crippen molar-refractivity contribution >= 4 is 68.4 Å². The molecule has 0 aliphatic carbocycles. The highest BCUT2D eigenvalue weighted by molar-refractivity contribution is 9.10. The number of nitrogens with one attached hydrogen (secondary N) is 1. The van der Waals surface area contributed by atoms with Crippen LogP contribution < -0.4 is 14.8 Å². The number of nitriles is 1. The molecule has 1 amide bonds. The van der Waals surface area contributed by atoms with E-state index in [0.717, 1.165) is 5.56 Å². The molecule has 0 saturated carbocycles. The number of amides is 1. The predicted octanol–water partition coefficient (Wildman–Crippen LogP) is 7.93. The molecule has 0 aliphatic heterocycles. The number of ether oxygens (including phenoxy) is 2. The molecule has 0 unspecified atom stereocenters. The lowest BCUT2D eigenvalue weighted by Gasteiger charge is -2.15. The molecule has 0 aromatic heterocycles. The topological polar surface area (TPSA) is 71.3 Å². The van der Waals surface area contributed by atoms with Crippen LogP contribution in [0.2, 0.25) is 15.1 Å². The lowest BCUT2D eigenvalue weighted by Crippen LogP contribution is -2.13. The Morgan fingerprint density at radius 3 is 2.50 bits per heavy atom. The van der Waals surface area contributed by atoms with Crippen molar-refractivity contribution in [3.63, 3.8) is 0 Å². The van der Waals surface area contributed by atoms with E-state index in [-0.39, 0.29) is 12.2 Å². The third kappa shape index (κ3) is 6.68. The van der Waals surface area contributed by atoms with Crippen LogP contribution >= 0.6 is 50.7 Å². The number of nitrogens with zero attached hydrogens (tertiary/aromatic N) is 1. The molecule has 3 aromatic carbocycles. The Labute approximate surface area is 221 Å². The van der Waals surface area contributed by atoms with Crippen LogP contribution in [-0.4, -0.2) is 12.5 Å². The van der Waals surface area contributed by atoms with Crippen LogP contribution in [0.3, 0.4) is 0 Å². The second-order valence-corrected chi connectivity index (χ2v) is 8.98. The van der Waals surface area contributed by atoms with E-state index in [2.05, 4.69) is 21.2 Å². The molecule has 9 heteroatoms. The van der Waals surface area contributed by atoms with Gasteiger partial charge in [0.25, 0.3) is 5.91 Å². The number of rotatable bonds is 8. The Morgan fingerprint density at radius 1 is 1.06 bits per heavy atom. The fraction of sp³-hybridized carbons (Fsp3) is 0.120. The third-order valence-electron chi connectivity index (χ3n) is 4.50. The number of para-hydroxylation sites is 1. The predicted molar refractivity (Wildman–Crippen MR) is 140 cm³/mol. The molecular formula is C25H18BrCl3N2O3. The first-order valence-electron chi connectivity index (χ1n) is 10.0. The highest BCUT2D eigenvalue weighted by Crippen LogP contribution is 2.38. The molecule has 3 aromatic rings. The van der Waals surface area contributed by atoms with Gasteiger partial charge in [0.1, 0.15) is 18.2 Å². The smallest absolute Gasteiger partial charge is 0.266 e. The SMILES string of the molecule is CCOc1cc(/C=C(\C#N)C(=O)Nc2ccccc2Cl)cc(Br)c1OCc1ccc(Cl)c(Cl)c1. The molecule has 0 spiro atoms. The molecule has 34 heavy (non-hydrogen) atoms. The van der Waals surface area contributed by atoms with Crippen molar-refractivity contribution in [2.75, 3.05) is 11.9 Å². The summed E-state index contributed by atoms with van der Waals surface area (Å²) in [6, 6.07) is 17.4. The average molecular weight is 581 g/mol. The van der Waals surface area contributed by atoms with Crippen molar-refractivity contribution in [2.45, 2.75) is 13.5 Å². The molecule has 0 fully saturated rings. The van der Waals surface area contributed by atoms with E-state index in [9.17, 15) is 10.1 Å². The van der Waals surface area contributed by atoms with Crippen LogP contribution in [0.15, 0.2) is 64.6 Å². The fourth-order valence-corrected chi connectivity index (χ4v) is 4.00. The van der Waals surface area contributed by atoms with Gasteiger partial charge in [-0.15, -0.1) is 0 Å². The largest absolute Gasteiger partial charge is 0.490 e. The zero-order chi connectivity index (χ0) is 24.7. The van der Waals surface area contributed by atoms with Gasteiger partial charge in [-0.25, -0.2) is 0 Å². The quantitative estimate of drug-likeness (QED) is 0.217. The van der Waals surface area contributed by atoms with Gasteiger partial charge in [-0.2, -0.15) is 5.26 Å². The minimum Gasteiger partial charge on any atom is -0.490 e. The summed E-state index contributed by atoms with van der Waals surface area (Å²) < 4.78 is 12.3. The Morgan fingerprint density at radius 2 is 1.82 bits per heavy atom. The molecule has 1 N–H and O–H groups in total. The van der Waals surface area contributed by atoms with E-state index >= 15 is 0 Å². The zero-order valence-corrected chi connectivity index (χ0v) is 21.7. The molecule has 0 heterocycles. The number of anilines is 1. The first-order chi connectivity index (χ1) is 16.3. The van der Waals surface area contributed by atoms with Gasteiger partial charge in [-0.05, 0) is 76.5 Å². The number of benzene rings is 3. The van der Waals surface area contributed by atoms with Crippen molar-refractivity contribution in [1.29, 1.82) is 5.26 Å². The minimum atomic E-state index is -0.579. The van der Waals surface area contributed by atoms with Gasteiger partial charge in [0, 0.05) is 0 Å². The first kappa shape index (κ1) is 25.9. The van der Waals surface area contributed by atoms with E-state index in [1.807, 2.05) is 19.1 Å². The lowest BCUT2D eigenvalue weighted by molar-refractivity contribution is -0.112. The van der Waals surface area contributed by atoms with Gasteiger partial charge < -0.3 is 14.8 Å². The summed E-state index contributed by atoms with van der Waals surface area (Å²) in [5, 5.41) is 13.5. The minimum absolute atomic E-state index is 0.0984. The summed E-state index contributed by atoms with van der Waals surface area (Å²) in [5.74, 6) is 0.348. The van der Waals surface area contributed by atoms with E-state index in [1.54, 1.807) is 48.5 Å². The number of carbonyl (C=O) groups is 1. The molecule has 174 valence electrons. The second kappa shape index (κ2) is 12.1. The van der Waals surface area contributed by atoms with Crippen LogP contribution in [0.4, 0.5) is 5.69 Å². The zero-order valence-electron chi connectivity index (χ0n) is 17.9. The van der Waals surface area contributed by atoms with E-state index in [0.29, 0.717) is 48.9 Å². The first-order valence-corrected chi connectivity index (χ1v) is 12.0. The number of hydrogen-bond acceptors (Lipinski definition) is 4. The molecule has 0 bridgehead atoms. The average Bonchev–Trinajstić information content (AvgIpc) is 2.80. The van der Waals surface area contributed by atoms with Crippen molar-refractivity contribution in [1.82, 2.24) is 0 Å². The number of halogens is 4. The Hall–Kier alpha value is -2.69. The standard InChI is InChI=1S/C25H18BrCl3N2O3/c1-2-33-23-12-16(9-17(13-30)25(32)31-22-6-4-3-5-20(22)28)10-18(26)24(23)34-14-15-7-8-19(27)21(29)11-15/h3-12H,2,14H2,1H3,(H,31,32)/b17-9+. The monoisotopic (exact) mass is 578 g/mol. The van der Waals surface area contributed by atoms with Crippen LogP contribution in [0.1, 0.15) is 18.1 Å². The van der Waals surface area contributed by atoms with Gasteiger partial charge in [-0.1, -0.05) is 53.0 Å². The maximum atomic E-state index is 12.6. The van der Waals surface area contributed by atoms with Gasteiger partial charge in [0.15, 0.2) is 11.5 Å². The van der Waals surface area contributed by atoms with E-state index in [4.69, 9.17) is 44.3 Å². The van der Waals surface area contributed by atoms with Crippen LogP contribution in [0, 0.1) is 11.3 Å². The highest BCUT2D eigenvalue weighted by Gasteiger charge is 2.15. The summed E-state index contributed by atoms with van der Waals surface area (Å²) in [6.07, 6.45) is 1.46. The Kier molecular flexibility index (Phi) is 9.26. The highest BCUT2D eigenvalue weighted by atomic mass is 79.9. The second-order valence-electron chi connectivity index (χ2n) is 6.90. The van der Waals surface area contributed by atoms with Crippen LogP contribution in [0.25, 0.3) is 6.08 Å². The van der Waals surface area contributed by atoms with Gasteiger partial charge >= 0.3 is 0 Å². The van der Waals surface area contributed by atoms with E-state index in [1.165, 1.54) is 6.08 Å². The molecule has 5 nitrogen and oxygen atoms in total. The number of hydrogen-bond donors (Lipinski definition) is 1. The Balaban J connectivity index is 1.86. The van der Waals surface area contributed by atoms with Crippen molar-refractivity contribution in [3.05, 3.63) is 90.8 Å². The van der Waals surface area contributed by atoms with E-state index < -0.39 is 5.91 Å². The number of carbonyl (C=O) groups excluding carboxylic acids is 1. The summed E-state index contributed by atoms with van der Waals surface area (Å²) >= 11 is 21.6. The summed E-state index contributed by atoms with van der Waals surface area (Å²) in [5.41, 5.74) is 1.72. The third-order valence-corrected chi connectivity index (χ3v) is 6.15. The lowest BCUT2D eigenvalue weighted by atomic mass is 10.1. The van der Waals surface area contributed by atoms with Gasteiger partial charge in [-0.3, -0.25) is 4.79 Å². The van der Waals surface area contributed by atoms with Crippen LogP contribution in [0.5, 0.6) is 11.5 Å². The molecule has 0 atom stereocenters. The molecule has 3 rings (SSSR count). The van der Waals surface area contributed by atoms with Gasteiger partial charge in [0.05, 0.1) is 31.8 Å². The molecule has 0 radical (unpaired) electrons. The summed E-state index contributed by atoms with van der Waals surface area (Å²) in [4.78, 5) is 12.6. The molecule has 0 saturated heterocycles. The maximum Gasteiger partial charge on any atom is 0.266 e. The fourth-order valence-electron chi connectivity index (χ4n) is 2.93. The summed E-state index contributed by atoms with van der Waals surface area (Å²) in [7, 11) is 0. The maximum absolute atomic E-state index is 12.6. The van der Waals surface area contributed by atoms with Crippen molar-refractivity contribution < 1.29 is 14.3 Å².